The van der Waals surface area contributed by atoms with Crippen LogP contribution in [0.1, 0.15) is 12.0 Å². The number of fused-ring (bicyclic) bond motifs is 2. The van der Waals surface area contributed by atoms with Crippen molar-refractivity contribution in [3.05, 3.63) is 70.3 Å². The highest BCUT2D eigenvalue weighted by atomic mass is 16.6. The molecule has 0 atom stereocenters. The number of morpholine rings is 1. The number of hydrogen-bond donors (Lipinski definition) is 0. The molecule has 5 rings (SSSR count). The van der Waals surface area contributed by atoms with Gasteiger partial charge in [0.1, 0.15) is 11.2 Å². The molecule has 2 heterocycles. The molecule has 1 aliphatic heterocycles. The quantitative estimate of drug-likeness (QED) is 0.295. The van der Waals surface area contributed by atoms with Crippen LogP contribution in [0.3, 0.4) is 0 Å². The predicted octanol–water partition coefficient (Wildman–Crippen LogP) is 4.01. The van der Waals surface area contributed by atoms with Gasteiger partial charge in [-0.05, 0) is 45.2 Å². The van der Waals surface area contributed by atoms with Gasteiger partial charge in [0, 0.05) is 32.7 Å². The highest BCUT2D eigenvalue weighted by Gasteiger charge is 2.26. The first-order chi connectivity index (χ1) is 16.2. The van der Waals surface area contributed by atoms with Gasteiger partial charge in [-0.15, -0.1) is 0 Å². The molecule has 0 spiro atoms. The number of aromatic nitrogens is 2. The van der Waals surface area contributed by atoms with E-state index in [0.29, 0.717) is 24.3 Å². The van der Waals surface area contributed by atoms with Gasteiger partial charge >= 0.3 is 5.69 Å². The molecule has 0 bridgehead atoms. The van der Waals surface area contributed by atoms with E-state index in [1.54, 1.807) is 12.1 Å². The number of anilines is 1. The lowest BCUT2D eigenvalue weighted by atomic mass is 10.0. The molecule has 0 amide bonds. The first kappa shape index (κ1) is 21.3. The summed E-state index contributed by atoms with van der Waals surface area (Å²) in [6, 6.07) is 17.9. The van der Waals surface area contributed by atoms with E-state index in [1.807, 2.05) is 18.2 Å². The van der Waals surface area contributed by atoms with E-state index in [0.717, 1.165) is 55.6 Å². The van der Waals surface area contributed by atoms with Gasteiger partial charge in [-0.3, -0.25) is 15.0 Å². The molecule has 1 aromatic heterocycles. The first-order valence-electron chi connectivity index (χ1n) is 11.1. The lowest BCUT2D eigenvalue weighted by Gasteiger charge is -2.29. The second-order valence-corrected chi connectivity index (χ2v) is 8.19. The van der Waals surface area contributed by atoms with Gasteiger partial charge in [0.25, 0.3) is 0 Å². The van der Waals surface area contributed by atoms with Crippen molar-refractivity contribution in [2.75, 3.05) is 44.3 Å². The minimum absolute atomic E-state index is 0.0691. The Morgan fingerprint density at radius 3 is 2.70 bits per heavy atom. The number of nitro groups is 1. The molecule has 3 aromatic carbocycles. The van der Waals surface area contributed by atoms with Crippen molar-refractivity contribution < 1.29 is 14.3 Å². The summed E-state index contributed by atoms with van der Waals surface area (Å²) in [6.07, 6.45) is 0.872. The van der Waals surface area contributed by atoms with E-state index in [1.165, 1.54) is 0 Å². The minimum Gasteiger partial charge on any atom is -0.379 e. The fraction of sp³-hybridized carbons (Fsp3) is 0.333. The fourth-order valence-electron chi connectivity index (χ4n) is 4.49. The van der Waals surface area contributed by atoms with Crippen LogP contribution in [0.15, 0.2) is 59.2 Å². The summed E-state index contributed by atoms with van der Waals surface area (Å²) in [5.41, 5.74) is 2.13. The Balaban J connectivity index is 1.49. The molecular formula is C24H25N5O4. The standard InChI is InChI=1S/C24H25N5O4/c30-29(31)24-22(10-9-21-23(24)26-33-25-21)28(12-4-11-27-13-15-32-16-14-27)17-19-7-3-6-18-5-1-2-8-20(18)19/h1-3,5-10H,4,11-17H2. The maximum atomic E-state index is 12.1. The van der Waals surface area contributed by atoms with Gasteiger partial charge in [0.2, 0.25) is 5.52 Å². The predicted molar refractivity (Wildman–Crippen MR) is 125 cm³/mol. The average molecular weight is 447 g/mol. The van der Waals surface area contributed by atoms with Crippen LogP contribution in [0, 0.1) is 10.1 Å². The topological polar surface area (TPSA) is 97.8 Å². The summed E-state index contributed by atoms with van der Waals surface area (Å²) in [6.45, 7) is 5.46. The Hall–Kier alpha value is -3.56. The highest BCUT2D eigenvalue weighted by molar-refractivity contribution is 5.91. The van der Waals surface area contributed by atoms with Crippen LogP contribution < -0.4 is 4.90 Å². The zero-order valence-corrected chi connectivity index (χ0v) is 18.2. The second-order valence-electron chi connectivity index (χ2n) is 8.19. The second kappa shape index (κ2) is 9.51. The zero-order valence-electron chi connectivity index (χ0n) is 18.2. The summed E-state index contributed by atoms with van der Waals surface area (Å²) >= 11 is 0. The van der Waals surface area contributed by atoms with Crippen molar-refractivity contribution in [1.29, 1.82) is 0 Å². The van der Waals surface area contributed by atoms with E-state index < -0.39 is 0 Å². The molecule has 0 aliphatic carbocycles. The van der Waals surface area contributed by atoms with E-state index >= 15 is 0 Å². The van der Waals surface area contributed by atoms with Gasteiger partial charge in [-0.1, -0.05) is 42.5 Å². The third-order valence-corrected chi connectivity index (χ3v) is 6.15. The zero-order chi connectivity index (χ0) is 22.6. The summed E-state index contributed by atoms with van der Waals surface area (Å²) in [5, 5.41) is 22.0. The maximum Gasteiger partial charge on any atom is 0.323 e. The van der Waals surface area contributed by atoms with Crippen LogP contribution >= 0.6 is 0 Å². The van der Waals surface area contributed by atoms with Crippen LogP contribution in [0.2, 0.25) is 0 Å². The lowest BCUT2D eigenvalue weighted by Crippen LogP contribution is -2.38. The molecular weight excluding hydrogens is 422 g/mol. The number of nitro benzene ring substituents is 1. The van der Waals surface area contributed by atoms with Gasteiger partial charge in [-0.2, -0.15) is 0 Å². The molecule has 4 aromatic rings. The molecule has 170 valence electrons. The van der Waals surface area contributed by atoms with E-state index in [2.05, 4.69) is 44.4 Å². The Morgan fingerprint density at radius 2 is 1.85 bits per heavy atom. The third-order valence-electron chi connectivity index (χ3n) is 6.15. The summed E-state index contributed by atoms with van der Waals surface area (Å²) < 4.78 is 10.2. The monoisotopic (exact) mass is 447 g/mol. The molecule has 9 nitrogen and oxygen atoms in total. The fourth-order valence-corrected chi connectivity index (χ4v) is 4.49. The van der Waals surface area contributed by atoms with Crippen molar-refractivity contribution in [3.63, 3.8) is 0 Å². The molecule has 1 aliphatic rings. The first-order valence-corrected chi connectivity index (χ1v) is 11.1. The smallest absolute Gasteiger partial charge is 0.323 e. The van der Waals surface area contributed by atoms with Crippen LogP contribution in [-0.4, -0.2) is 59.5 Å². The van der Waals surface area contributed by atoms with Crippen molar-refractivity contribution in [3.8, 4) is 0 Å². The van der Waals surface area contributed by atoms with E-state index in [4.69, 9.17) is 9.37 Å². The Labute approximate surface area is 190 Å². The van der Waals surface area contributed by atoms with Gasteiger partial charge < -0.3 is 9.64 Å². The van der Waals surface area contributed by atoms with Gasteiger partial charge in [0.05, 0.1) is 18.1 Å². The van der Waals surface area contributed by atoms with Crippen molar-refractivity contribution in [2.24, 2.45) is 0 Å². The summed E-state index contributed by atoms with van der Waals surface area (Å²) in [7, 11) is 0. The Kier molecular flexibility index (Phi) is 6.14. The number of ether oxygens (including phenoxy) is 1. The van der Waals surface area contributed by atoms with Crippen LogP contribution in [0.5, 0.6) is 0 Å². The molecule has 0 N–H and O–H groups in total. The third kappa shape index (κ3) is 4.50. The van der Waals surface area contributed by atoms with Crippen LogP contribution in [-0.2, 0) is 11.3 Å². The van der Waals surface area contributed by atoms with Crippen molar-refractivity contribution >= 4 is 33.2 Å². The number of benzene rings is 3. The molecule has 0 unspecified atom stereocenters. The molecule has 33 heavy (non-hydrogen) atoms. The molecule has 9 heteroatoms. The largest absolute Gasteiger partial charge is 0.379 e. The summed E-state index contributed by atoms with van der Waals surface area (Å²) in [5.74, 6) is 0. The molecule has 0 radical (unpaired) electrons. The highest BCUT2D eigenvalue weighted by Crippen LogP contribution is 2.36. The lowest BCUT2D eigenvalue weighted by molar-refractivity contribution is -0.382. The molecule has 1 saturated heterocycles. The number of nitrogens with zero attached hydrogens (tertiary/aromatic N) is 5. The summed E-state index contributed by atoms with van der Waals surface area (Å²) in [4.78, 5) is 16.1. The van der Waals surface area contributed by atoms with Gasteiger partial charge in [-0.25, -0.2) is 4.63 Å². The Morgan fingerprint density at radius 1 is 1.03 bits per heavy atom. The molecule has 1 fully saturated rings. The van der Waals surface area contributed by atoms with E-state index in [9.17, 15) is 10.1 Å². The number of rotatable bonds is 8. The number of hydrogen-bond acceptors (Lipinski definition) is 8. The van der Waals surface area contributed by atoms with Crippen LogP contribution in [0.25, 0.3) is 21.8 Å². The van der Waals surface area contributed by atoms with E-state index in [-0.39, 0.29) is 16.1 Å². The van der Waals surface area contributed by atoms with Crippen LogP contribution in [0.4, 0.5) is 11.4 Å². The van der Waals surface area contributed by atoms with Crippen molar-refractivity contribution in [2.45, 2.75) is 13.0 Å². The average Bonchev–Trinajstić information content (AvgIpc) is 3.32. The van der Waals surface area contributed by atoms with Gasteiger partial charge in [0.15, 0.2) is 0 Å². The van der Waals surface area contributed by atoms with Crippen molar-refractivity contribution in [1.82, 2.24) is 15.2 Å². The SMILES string of the molecule is O=[N+]([O-])c1c(N(CCCN2CCOCC2)Cc2cccc3ccccc23)ccc2nonc12. The maximum absolute atomic E-state index is 12.1. The Bertz CT molecular complexity index is 1260. The molecule has 0 saturated carbocycles. The normalized spacial score (nSPS) is 14.7. The minimum atomic E-state index is -0.389.